The van der Waals surface area contributed by atoms with Crippen molar-refractivity contribution in [1.29, 1.82) is 10.5 Å². The van der Waals surface area contributed by atoms with Crippen molar-refractivity contribution in [1.82, 2.24) is 4.98 Å². The van der Waals surface area contributed by atoms with Gasteiger partial charge < -0.3 is 0 Å². The number of aromatic nitrogens is 1. The maximum absolute atomic E-state index is 12.4. The first kappa shape index (κ1) is 11.1. The number of alkyl halides is 2. The Kier molecular flexibility index (Phi) is 3.30. The van der Waals surface area contributed by atoms with Crippen LogP contribution in [-0.4, -0.2) is 4.98 Å². The fourth-order valence-electron chi connectivity index (χ4n) is 1.23. The predicted molar refractivity (Wildman–Crippen MR) is 48.0 cm³/mol. The van der Waals surface area contributed by atoms with E-state index in [4.69, 9.17) is 10.5 Å². The fraction of sp³-hybridized carbons (Fsp3) is 0.300. The molecule has 1 aromatic heterocycles. The molecule has 0 amide bonds. The van der Waals surface area contributed by atoms with Crippen LogP contribution in [0.4, 0.5) is 8.78 Å². The number of hydrogen-bond acceptors (Lipinski definition) is 3. The maximum atomic E-state index is 12.4. The van der Waals surface area contributed by atoms with Gasteiger partial charge in [-0.15, -0.1) is 0 Å². The minimum Gasteiger partial charge on any atom is -0.254 e. The zero-order valence-corrected chi connectivity index (χ0v) is 7.96. The summed E-state index contributed by atoms with van der Waals surface area (Å²) in [6, 6.07) is 3.58. The van der Waals surface area contributed by atoms with Crippen LogP contribution >= 0.6 is 0 Å². The maximum Gasteiger partial charge on any atom is 0.281 e. The van der Waals surface area contributed by atoms with Crippen molar-refractivity contribution < 1.29 is 8.78 Å². The van der Waals surface area contributed by atoms with Crippen LogP contribution in [-0.2, 0) is 6.42 Å². The lowest BCUT2D eigenvalue weighted by Gasteiger charge is -2.07. The molecule has 1 rings (SSSR count). The summed E-state index contributed by atoms with van der Waals surface area (Å²) in [7, 11) is 0. The van der Waals surface area contributed by atoms with E-state index in [1.54, 1.807) is 13.0 Å². The first-order chi connectivity index (χ1) is 7.11. The molecule has 3 nitrogen and oxygen atoms in total. The second-order valence-electron chi connectivity index (χ2n) is 2.92. The van der Waals surface area contributed by atoms with Gasteiger partial charge in [-0.3, -0.25) is 4.98 Å². The van der Waals surface area contributed by atoms with Crippen molar-refractivity contribution in [3.8, 4) is 12.1 Å². The smallest absolute Gasteiger partial charge is 0.254 e. The van der Waals surface area contributed by atoms with Crippen molar-refractivity contribution >= 4 is 0 Å². The van der Waals surface area contributed by atoms with Crippen LogP contribution in [0.25, 0.3) is 0 Å². The second-order valence-corrected chi connectivity index (χ2v) is 2.92. The number of nitrogens with zero attached hydrogens (tertiary/aromatic N) is 3. The molecule has 5 heteroatoms. The lowest BCUT2D eigenvalue weighted by atomic mass is 10.0. The van der Waals surface area contributed by atoms with Crippen molar-refractivity contribution in [3.63, 3.8) is 0 Å². The molecule has 0 saturated carbocycles. The molecule has 0 aliphatic heterocycles. The van der Waals surface area contributed by atoms with Gasteiger partial charge in [-0.1, -0.05) is 0 Å². The molecular formula is C10H7F2N3. The molecule has 0 unspecified atom stereocenters. The van der Waals surface area contributed by atoms with Crippen molar-refractivity contribution in [2.24, 2.45) is 0 Å². The third-order valence-electron chi connectivity index (χ3n) is 2.06. The molecule has 15 heavy (non-hydrogen) atoms. The van der Waals surface area contributed by atoms with E-state index in [9.17, 15) is 8.78 Å². The number of hydrogen-bond donors (Lipinski definition) is 0. The first-order valence-electron chi connectivity index (χ1n) is 4.15. The molecule has 0 saturated heterocycles. The van der Waals surface area contributed by atoms with Gasteiger partial charge in [-0.2, -0.15) is 10.5 Å². The minimum atomic E-state index is -2.77. The van der Waals surface area contributed by atoms with Crippen molar-refractivity contribution in [2.45, 2.75) is 19.8 Å². The Labute approximate surface area is 85.6 Å². The van der Waals surface area contributed by atoms with Crippen LogP contribution in [0.3, 0.4) is 0 Å². The van der Waals surface area contributed by atoms with Gasteiger partial charge >= 0.3 is 0 Å². The molecule has 1 aromatic rings. The standard InChI is InChI=1S/C10H7F2N3/c1-6-7(2-3-13)5-15-9(10(11)12)8(6)4-14/h5,10H,2H2,1H3. The summed E-state index contributed by atoms with van der Waals surface area (Å²) >= 11 is 0. The number of pyridine rings is 1. The van der Waals surface area contributed by atoms with Gasteiger partial charge in [0.15, 0.2) is 0 Å². The highest BCUT2D eigenvalue weighted by Crippen LogP contribution is 2.24. The topological polar surface area (TPSA) is 60.5 Å². The fourth-order valence-corrected chi connectivity index (χ4v) is 1.23. The highest BCUT2D eigenvalue weighted by molar-refractivity contribution is 5.45. The highest BCUT2D eigenvalue weighted by atomic mass is 19.3. The van der Waals surface area contributed by atoms with Crippen LogP contribution in [0.5, 0.6) is 0 Å². The monoisotopic (exact) mass is 207 g/mol. The van der Waals surface area contributed by atoms with Crippen molar-refractivity contribution in [3.05, 3.63) is 28.6 Å². The summed E-state index contributed by atoms with van der Waals surface area (Å²) in [5, 5.41) is 17.2. The summed E-state index contributed by atoms with van der Waals surface area (Å²) in [5.74, 6) is 0. The van der Waals surface area contributed by atoms with Crippen LogP contribution in [0.1, 0.15) is 28.8 Å². The quantitative estimate of drug-likeness (QED) is 0.747. The molecular weight excluding hydrogens is 200 g/mol. The molecule has 0 aliphatic rings. The normalized spacial score (nSPS) is 9.73. The molecule has 0 N–H and O–H groups in total. The molecule has 0 bridgehead atoms. The first-order valence-corrected chi connectivity index (χ1v) is 4.15. The molecule has 0 aromatic carbocycles. The average Bonchev–Trinajstić information content (AvgIpc) is 2.20. The lowest BCUT2D eigenvalue weighted by molar-refractivity contribution is 0.145. The van der Waals surface area contributed by atoms with Gasteiger partial charge in [0.2, 0.25) is 0 Å². The van der Waals surface area contributed by atoms with E-state index in [0.717, 1.165) is 0 Å². The Morgan fingerprint density at radius 3 is 2.60 bits per heavy atom. The lowest BCUT2D eigenvalue weighted by Crippen LogP contribution is -2.02. The van der Waals surface area contributed by atoms with Crippen LogP contribution in [0.2, 0.25) is 0 Å². The van der Waals surface area contributed by atoms with E-state index >= 15 is 0 Å². The van der Waals surface area contributed by atoms with Gasteiger partial charge in [-0.05, 0) is 18.1 Å². The van der Waals surface area contributed by atoms with E-state index < -0.39 is 12.1 Å². The summed E-state index contributed by atoms with van der Waals surface area (Å²) < 4.78 is 24.9. The Bertz CT molecular complexity index is 455. The second kappa shape index (κ2) is 4.47. The molecule has 0 aliphatic carbocycles. The Morgan fingerprint density at radius 2 is 2.13 bits per heavy atom. The van der Waals surface area contributed by atoms with E-state index in [0.29, 0.717) is 11.1 Å². The largest absolute Gasteiger partial charge is 0.281 e. The highest BCUT2D eigenvalue weighted by Gasteiger charge is 2.18. The zero-order valence-electron chi connectivity index (χ0n) is 7.96. The molecule has 76 valence electrons. The third kappa shape index (κ3) is 2.08. The summed E-state index contributed by atoms with van der Waals surface area (Å²) in [6.07, 6.45) is -1.48. The van der Waals surface area contributed by atoms with Gasteiger partial charge in [0.25, 0.3) is 6.43 Å². The van der Waals surface area contributed by atoms with Gasteiger partial charge in [0, 0.05) is 6.20 Å². The Balaban J connectivity index is 3.36. The number of halogens is 2. The van der Waals surface area contributed by atoms with E-state index in [-0.39, 0.29) is 12.0 Å². The summed E-state index contributed by atoms with van der Waals surface area (Å²) in [6.45, 7) is 1.54. The van der Waals surface area contributed by atoms with E-state index in [1.165, 1.54) is 6.20 Å². The summed E-state index contributed by atoms with van der Waals surface area (Å²) in [4.78, 5) is 3.50. The molecule has 0 atom stereocenters. The SMILES string of the molecule is Cc1c(CC#N)cnc(C(F)F)c1C#N. The Morgan fingerprint density at radius 1 is 1.47 bits per heavy atom. The zero-order chi connectivity index (χ0) is 11.4. The van der Waals surface area contributed by atoms with Crippen molar-refractivity contribution in [2.75, 3.05) is 0 Å². The summed E-state index contributed by atoms with van der Waals surface area (Å²) in [5.41, 5.74) is 0.275. The molecule has 0 fully saturated rings. The predicted octanol–water partition coefficient (Wildman–Crippen LogP) is 2.27. The molecule has 0 spiro atoms. The van der Waals surface area contributed by atoms with Crippen LogP contribution in [0.15, 0.2) is 6.20 Å². The minimum absolute atomic E-state index is 0.0665. The van der Waals surface area contributed by atoms with Crippen LogP contribution in [0, 0.1) is 29.6 Å². The van der Waals surface area contributed by atoms with Gasteiger partial charge in [-0.25, -0.2) is 8.78 Å². The number of nitriles is 2. The van der Waals surface area contributed by atoms with Gasteiger partial charge in [0.1, 0.15) is 11.8 Å². The molecule has 0 radical (unpaired) electrons. The van der Waals surface area contributed by atoms with Gasteiger partial charge in [0.05, 0.1) is 18.1 Å². The van der Waals surface area contributed by atoms with Crippen LogP contribution < -0.4 is 0 Å². The van der Waals surface area contributed by atoms with E-state index in [1.807, 2.05) is 6.07 Å². The Hall–Kier alpha value is -2.01. The third-order valence-corrected chi connectivity index (χ3v) is 2.06. The molecule has 1 heterocycles. The van der Waals surface area contributed by atoms with E-state index in [2.05, 4.69) is 4.98 Å². The average molecular weight is 207 g/mol. The number of rotatable bonds is 2.